The minimum atomic E-state index is -0.218. The van der Waals surface area contributed by atoms with E-state index in [0.29, 0.717) is 0 Å². The number of nitrogens with zero attached hydrogens (tertiary/aromatic N) is 3. The van der Waals surface area contributed by atoms with Crippen LogP contribution in [-0.2, 0) is 6.54 Å². The van der Waals surface area contributed by atoms with Crippen molar-refractivity contribution in [3.05, 3.63) is 17.5 Å². The Morgan fingerprint density at radius 3 is 2.75 bits per heavy atom. The SMILES string of the molecule is Cc1cc(CN(C)CC2CCN(C[C@H](C)O)CC2)no1. The molecular weight excluding hydrogens is 254 g/mol. The van der Waals surface area contributed by atoms with Gasteiger partial charge in [0.2, 0.25) is 0 Å². The summed E-state index contributed by atoms with van der Waals surface area (Å²) in [6, 6.07) is 2.00. The standard InChI is InChI=1S/C15H27N3O2/c1-12(19)9-18-6-4-14(5-7-18)10-17(3)11-15-8-13(2)20-16-15/h8,12,14,19H,4-7,9-11H2,1-3H3/t12-/m0/s1. The lowest BCUT2D eigenvalue weighted by Gasteiger charge is -2.34. The molecule has 20 heavy (non-hydrogen) atoms. The zero-order chi connectivity index (χ0) is 14.5. The highest BCUT2D eigenvalue weighted by molar-refractivity contribution is 5.03. The van der Waals surface area contributed by atoms with E-state index in [-0.39, 0.29) is 6.10 Å². The summed E-state index contributed by atoms with van der Waals surface area (Å²) in [5.74, 6) is 1.62. The van der Waals surface area contributed by atoms with Gasteiger partial charge in [-0.3, -0.25) is 0 Å². The van der Waals surface area contributed by atoms with Crippen LogP contribution in [0.25, 0.3) is 0 Å². The molecule has 0 saturated carbocycles. The van der Waals surface area contributed by atoms with Gasteiger partial charge in [0.05, 0.1) is 11.8 Å². The highest BCUT2D eigenvalue weighted by Gasteiger charge is 2.21. The second kappa shape index (κ2) is 7.20. The molecule has 1 aromatic heterocycles. The van der Waals surface area contributed by atoms with Crippen LogP contribution in [0.3, 0.4) is 0 Å². The average Bonchev–Trinajstić information content (AvgIpc) is 2.76. The van der Waals surface area contributed by atoms with Gasteiger partial charge in [0.25, 0.3) is 0 Å². The van der Waals surface area contributed by atoms with Gasteiger partial charge in [-0.1, -0.05) is 5.16 Å². The van der Waals surface area contributed by atoms with Crippen molar-refractivity contribution in [1.29, 1.82) is 0 Å². The number of aliphatic hydroxyl groups excluding tert-OH is 1. The number of β-amino-alcohol motifs (C(OH)–C–C–N with tert-alkyl or cyclic N) is 1. The first kappa shape index (κ1) is 15.5. The van der Waals surface area contributed by atoms with Crippen LogP contribution in [0, 0.1) is 12.8 Å². The average molecular weight is 281 g/mol. The number of likely N-dealkylation sites (tertiary alicyclic amines) is 1. The molecule has 2 heterocycles. The Morgan fingerprint density at radius 1 is 1.50 bits per heavy atom. The highest BCUT2D eigenvalue weighted by Crippen LogP contribution is 2.19. The van der Waals surface area contributed by atoms with Crippen molar-refractivity contribution < 1.29 is 9.63 Å². The molecule has 0 bridgehead atoms. The number of hydrogen-bond acceptors (Lipinski definition) is 5. The molecule has 5 nitrogen and oxygen atoms in total. The lowest BCUT2D eigenvalue weighted by atomic mass is 9.96. The van der Waals surface area contributed by atoms with E-state index in [4.69, 9.17) is 4.52 Å². The zero-order valence-corrected chi connectivity index (χ0v) is 12.9. The van der Waals surface area contributed by atoms with Crippen molar-refractivity contribution in [2.75, 3.05) is 33.2 Å². The minimum Gasteiger partial charge on any atom is -0.392 e. The lowest BCUT2D eigenvalue weighted by molar-refractivity contribution is 0.0917. The predicted molar refractivity (Wildman–Crippen MR) is 78.4 cm³/mol. The van der Waals surface area contributed by atoms with Gasteiger partial charge in [0.15, 0.2) is 0 Å². The second-order valence-corrected chi connectivity index (χ2v) is 6.22. The van der Waals surface area contributed by atoms with Crippen LogP contribution in [0.1, 0.15) is 31.2 Å². The fraction of sp³-hybridized carbons (Fsp3) is 0.800. The van der Waals surface area contributed by atoms with E-state index < -0.39 is 0 Å². The van der Waals surface area contributed by atoms with E-state index in [1.165, 1.54) is 12.8 Å². The summed E-state index contributed by atoms with van der Waals surface area (Å²) in [4.78, 5) is 4.69. The van der Waals surface area contributed by atoms with Gasteiger partial charge in [-0.15, -0.1) is 0 Å². The Kier molecular flexibility index (Phi) is 5.57. The molecule has 0 aromatic carbocycles. The monoisotopic (exact) mass is 281 g/mol. The molecule has 0 radical (unpaired) electrons. The number of hydrogen-bond donors (Lipinski definition) is 1. The third-order valence-electron chi connectivity index (χ3n) is 3.91. The van der Waals surface area contributed by atoms with Crippen LogP contribution >= 0.6 is 0 Å². The Balaban J connectivity index is 1.69. The van der Waals surface area contributed by atoms with E-state index >= 15 is 0 Å². The van der Waals surface area contributed by atoms with Crippen molar-refractivity contribution in [2.45, 2.75) is 39.3 Å². The normalized spacial score (nSPS) is 19.6. The molecular formula is C15H27N3O2. The predicted octanol–water partition coefficient (Wildman–Crippen LogP) is 1.51. The first-order chi connectivity index (χ1) is 9.52. The van der Waals surface area contributed by atoms with Crippen LogP contribution < -0.4 is 0 Å². The van der Waals surface area contributed by atoms with Gasteiger partial charge in [0, 0.05) is 25.7 Å². The van der Waals surface area contributed by atoms with Crippen molar-refractivity contribution in [3.63, 3.8) is 0 Å². The summed E-state index contributed by atoms with van der Waals surface area (Å²) in [6.07, 6.45) is 2.22. The quantitative estimate of drug-likeness (QED) is 0.856. The first-order valence-corrected chi connectivity index (χ1v) is 7.54. The van der Waals surface area contributed by atoms with E-state index in [0.717, 1.165) is 50.1 Å². The molecule has 0 unspecified atom stereocenters. The molecule has 1 aliphatic heterocycles. The zero-order valence-electron chi connectivity index (χ0n) is 12.9. The van der Waals surface area contributed by atoms with Gasteiger partial charge < -0.3 is 19.4 Å². The second-order valence-electron chi connectivity index (χ2n) is 6.22. The fourth-order valence-electron chi connectivity index (χ4n) is 3.00. The van der Waals surface area contributed by atoms with E-state index in [1.807, 2.05) is 19.9 Å². The molecule has 1 N–H and O–H groups in total. The van der Waals surface area contributed by atoms with Crippen LogP contribution in [0.5, 0.6) is 0 Å². The molecule has 1 aliphatic rings. The van der Waals surface area contributed by atoms with E-state index in [2.05, 4.69) is 22.0 Å². The molecule has 0 amide bonds. The number of rotatable bonds is 6. The van der Waals surface area contributed by atoms with Crippen molar-refractivity contribution >= 4 is 0 Å². The maximum absolute atomic E-state index is 9.42. The third kappa shape index (κ3) is 4.89. The summed E-state index contributed by atoms with van der Waals surface area (Å²) in [7, 11) is 2.15. The Labute approximate surface area is 121 Å². The van der Waals surface area contributed by atoms with Crippen LogP contribution in [0.4, 0.5) is 0 Å². The van der Waals surface area contributed by atoms with Gasteiger partial charge in [-0.05, 0) is 52.7 Å². The molecule has 0 spiro atoms. The summed E-state index contributed by atoms with van der Waals surface area (Å²) < 4.78 is 5.10. The molecule has 114 valence electrons. The number of aromatic nitrogens is 1. The first-order valence-electron chi connectivity index (χ1n) is 7.54. The molecule has 1 aromatic rings. The van der Waals surface area contributed by atoms with Crippen LogP contribution in [0.15, 0.2) is 10.6 Å². The van der Waals surface area contributed by atoms with Crippen molar-refractivity contribution in [3.8, 4) is 0 Å². The summed E-state index contributed by atoms with van der Waals surface area (Å²) in [5, 5.41) is 13.5. The van der Waals surface area contributed by atoms with E-state index in [9.17, 15) is 5.11 Å². The third-order valence-corrected chi connectivity index (χ3v) is 3.91. The molecule has 1 atom stereocenters. The number of aliphatic hydroxyl groups is 1. The summed E-state index contributed by atoms with van der Waals surface area (Å²) >= 11 is 0. The molecule has 1 saturated heterocycles. The van der Waals surface area contributed by atoms with Gasteiger partial charge >= 0.3 is 0 Å². The lowest BCUT2D eigenvalue weighted by Crippen LogP contribution is -2.40. The van der Waals surface area contributed by atoms with Gasteiger partial charge in [-0.25, -0.2) is 0 Å². The number of aryl methyl sites for hydroxylation is 1. The largest absolute Gasteiger partial charge is 0.392 e. The summed E-state index contributed by atoms with van der Waals surface area (Å²) in [5.41, 5.74) is 1.01. The fourth-order valence-corrected chi connectivity index (χ4v) is 3.00. The smallest absolute Gasteiger partial charge is 0.133 e. The van der Waals surface area contributed by atoms with Crippen molar-refractivity contribution in [2.24, 2.45) is 5.92 Å². The maximum Gasteiger partial charge on any atom is 0.133 e. The van der Waals surface area contributed by atoms with Gasteiger partial charge in [-0.2, -0.15) is 0 Å². The van der Waals surface area contributed by atoms with E-state index in [1.54, 1.807) is 0 Å². The Morgan fingerprint density at radius 2 is 2.20 bits per heavy atom. The van der Waals surface area contributed by atoms with Crippen LogP contribution in [0.2, 0.25) is 0 Å². The summed E-state index contributed by atoms with van der Waals surface area (Å²) in [6.45, 7) is 8.76. The number of piperidine rings is 1. The van der Waals surface area contributed by atoms with Crippen molar-refractivity contribution in [1.82, 2.24) is 15.0 Å². The molecule has 1 fully saturated rings. The minimum absolute atomic E-state index is 0.218. The van der Waals surface area contributed by atoms with Gasteiger partial charge in [0.1, 0.15) is 5.76 Å². The highest BCUT2D eigenvalue weighted by atomic mass is 16.5. The molecule has 0 aliphatic carbocycles. The Hall–Kier alpha value is -0.910. The molecule has 2 rings (SSSR count). The van der Waals surface area contributed by atoms with Crippen LogP contribution in [-0.4, -0.2) is 59.4 Å². The Bertz CT molecular complexity index is 398. The maximum atomic E-state index is 9.42. The molecule has 5 heteroatoms. The topological polar surface area (TPSA) is 52.7 Å².